The van der Waals surface area contributed by atoms with Crippen molar-refractivity contribution in [3.8, 4) is 5.69 Å². The molecule has 0 amide bonds. The van der Waals surface area contributed by atoms with Gasteiger partial charge >= 0.3 is 0 Å². The molecule has 1 fully saturated rings. The third-order valence-corrected chi connectivity index (χ3v) is 8.00. The van der Waals surface area contributed by atoms with Gasteiger partial charge in [0.2, 0.25) is 5.95 Å². The highest BCUT2D eigenvalue weighted by Gasteiger charge is 2.22. The first-order valence-corrected chi connectivity index (χ1v) is 13.0. The van der Waals surface area contributed by atoms with Gasteiger partial charge in [-0.3, -0.25) is 4.57 Å². The van der Waals surface area contributed by atoms with Gasteiger partial charge in [0.25, 0.3) is 0 Å². The average Bonchev–Trinajstić information content (AvgIpc) is 3.22. The fraction of sp³-hybridized carbons (Fsp3) is 0.364. The summed E-state index contributed by atoms with van der Waals surface area (Å²) in [6, 6.07) is 13.1. The number of nitrogens with zero attached hydrogens (tertiary/aromatic N) is 4. The highest BCUT2D eigenvalue weighted by molar-refractivity contribution is 7.99. The van der Waals surface area contributed by atoms with E-state index in [9.17, 15) is 12.8 Å². The van der Waals surface area contributed by atoms with Crippen LogP contribution in [0.1, 0.15) is 12.0 Å². The van der Waals surface area contributed by atoms with Crippen LogP contribution in [0, 0.1) is 12.7 Å². The molecule has 0 N–H and O–H groups in total. The smallest absolute Gasteiger partial charge is 0.232 e. The average molecular weight is 477 g/mol. The molecule has 3 aromatic rings. The summed E-state index contributed by atoms with van der Waals surface area (Å²) in [5.74, 6) is 0.860. The molecule has 0 saturated carbocycles. The Morgan fingerprint density at radius 2 is 1.72 bits per heavy atom. The van der Waals surface area contributed by atoms with Crippen molar-refractivity contribution in [2.24, 2.45) is 0 Å². The first kappa shape index (κ1) is 22.8. The number of thioether (sulfide) groups is 1. The molecule has 170 valence electrons. The van der Waals surface area contributed by atoms with Gasteiger partial charge in [-0.25, -0.2) is 12.8 Å². The van der Waals surface area contributed by atoms with Crippen LogP contribution in [0.25, 0.3) is 5.69 Å². The van der Waals surface area contributed by atoms with Crippen molar-refractivity contribution in [3.63, 3.8) is 0 Å². The van der Waals surface area contributed by atoms with E-state index in [-0.39, 0.29) is 10.6 Å². The number of hydrogen-bond donors (Lipinski definition) is 0. The largest absolute Gasteiger partial charge is 0.378 e. The number of anilines is 1. The summed E-state index contributed by atoms with van der Waals surface area (Å²) in [6.07, 6.45) is 0.442. The van der Waals surface area contributed by atoms with Gasteiger partial charge in [0, 0.05) is 18.8 Å². The topological polar surface area (TPSA) is 77.3 Å². The molecule has 32 heavy (non-hydrogen) atoms. The summed E-state index contributed by atoms with van der Waals surface area (Å²) >= 11 is 1.48. The first-order chi connectivity index (χ1) is 15.4. The van der Waals surface area contributed by atoms with Crippen molar-refractivity contribution in [3.05, 3.63) is 59.9 Å². The van der Waals surface area contributed by atoms with Crippen molar-refractivity contribution in [1.29, 1.82) is 0 Å². The summed E-state index contributed by atoms with van der Waals surface area (Å²) in [7, 11) is -3.46. The molecule has 10 heteroatoms. The van der Waals surface area contributed by atoms with Gasteiger partial charge in [-0.1, -0.05) is 29.5 Å². The lowest BCUT2D eigenvalue weighted by molar-refractivity contribution is 0.122. The molecule has 1 aliphatic rings. The zero-order chi connectivity index (χ0) is 22.6. The maximum absolute atomic E-state index is 13.1. The summed E-state index contributed by atoms with van der Waals surface area (Å²) in [6.45, 7) is 4.81. The molecule has 4 rings (SSSR count). The lowest BCUT2D eigenvalue weighted by atomic mass is 10.2. The van der Waals surface area contributed by atoms with Gasteiger partial charge in [-0.2, -0.15) is 0 Å². The molecule has 2 aromatic carbocycles. The van der Waals surface area contributed by atoms with E-state index < -0.39 is 15.7 Å². The second kappa shape index (κ2) is 10.0. The third-order valence-electron chi connectivity index (χ3n) is 5.16. The van der Waals surface area contributed by atoms with E-state index in [2.05, 4.69) is 15.1 Å². The quantitative estimate of drug-likeness (QED) is 0.280. The number of halogens is 1. The van der Waals surface area contributed by atoms with Crippen molar-refractivity contribution >= 4 is 27.5 Å². The first-order valence-electron chi connectivity index (χ1n) is 10.4. The molecule has 1 saturated heterocycles. The van der Waals surface area contributed by atoms with Gasteiger partial charge < -0.3 is 9.64 Å². The molecule has 0 unspecified atom stereocenters. The molecule has 7 nitrogen and oxygen atoms in total. The summed E-state index contributed by atoms with van der Waals surface area (Å²) in [4.78, 5) is 2.29. The summed E-state index contributed by atoms with van der Waals surface area (Å²) < 4.78 is 45.6. The van der Waals surface area contributed by atoms with Gasteiger partial charge in [0.1, 0.15) is 5.82 Å². The normalized spacial score (nSPS) is 14.6. The van der Waals surface area contributed by atoms with Crippen molar-refractivity contribution in [1.82, 2.24) is 14.8 Å². The number of benzene rings is 2. The van der Waals surface area contributed by atoms with Crippen LogP contribution in [-0.4, -0.2) is 61.0 Å². The van der Waals surface area contributed by atoms with E-state index in [1.165, 1.54) is 36.0 Å². The van der Waals surface area contributed by atoms with Crippen LogP contribution < -0.4 is 4.90 Å². The fourth-order valence-corrected chi connectivity index (χ4v) is 5.80. The van der Waals surface area contributed by atoms with E-state index >= 15 is 0 Å². The highest BCUT2D eigenvalue weighted by Crippen LogP contribution is 2.28. The second-order valence-electron chi connectivity index (χ2n) is 7.53. The Balaban J connectivity index is 1.47. The lowest BCUT2D eigenvalue weighted by Gasteiger charge is -2.28. The van der Waals surface area contributed by atoms with Crippen LogP contribution in [-0.2, 0) is 14.6 Å². The Morgan fingerprint density at radius 3 is 2.41 bits per heavy atom. The minimum absolute atomic E-state index is 0.0133. The SMILES string of the molecule is Cc1ccc(-n2c(SCCCS(=O)(=O)c3ccc(F)cc3)nnc2N2CCOCC2)cc1. The zero-order valence-electron chi connectivity index (χ0n) is 17.8. The molecular weight excluding hydrogens is 451 g/mol. The molecule has 0 bridgehead atoms. The van der Waals surface area contributed by atoms with Crippen molar-refractivity contribution < 1.29 is 17.5 Å². The Kier molecular flexibility index (Phi) is 7.12. The zero-order valence-corrected chi connectivity index (χ0v) is 19.4. The number of aromatic nitrogens is 3. The minimum Gasteiger partial charge on any atom is -0.378 e. The number of aryl methyl sites for hydroxylation is 1. The Bertz CT molecular complexity index is 1140. The maximum atomic E-state index is 13.1. The third kappa shape index (κ3) is 5.31. The molecule has 0 aliphatic carbocycles. The predicted octanol–water partition coefficient (Wildman–Crippen LogP) is 3.51. The fourth-order valence-electron chi connectivity index (χ4n) is 3.42. The second-order valence-corrected chi connectivity index (χ2v) is 10.7. The van der Waals surface area contributed by atoms with Crippen molar-refractivity contribution in [2.45, 2.75) is 23.4 Å². The molecular formula is C22H25FN4O3S2. The number of morpholine rings is 1. The van der Waals surface area contributed by atoms with Crippen LogP contribution in [0.2, 0.25) is 0 Å². The van der Waals surface area contributed by atoms with E-state index in [4.69, 9.17) is 4.74 Å². The van der Waals surface area contributed by atoms with E-state index in [1.54, 1.807) is 0 Å². The monoisotopic (exact) mass is 476 g/mol. The Hall–Kier alpha value is -2.43. The summed E-state index contributed by atoms with van der Waals surface area (Å²) in [5.41, 5.74) is 2.12. The van der Waals surface area contributed by atoms with Crippen LogP contribution in [0.15, 0.2) is 58.6 Å². The van der Waals surface area contributed by atoms with E-state index in [0.717, 1.165) is 35.4 Å². The van der Waals surface area contributed by atoms with Crippen LogP contribution in [0.3, 0.4) is 0 Å². The minimum atomic E-state index is -3.46. The van der Waals surface area contributed by atoms with E-state index in [0.29, 0.717) is 25.4 Å². The van der Waals surface area contributed by atoms with Gasteiger partial charge in [0.15, 0.2) is 15.0 Å². The predicted molar refractivity (Wildman–Crippen MR) is 123 cm³/mol. The molecule has 1 aliphatic heterocycles. The number of hydrogen-bond acceptors (Lipinski definition) is 7. The Labute approximate surface area is 191 Å². The van der Waals surface area contributed by atoms with Gasteiger partial charge in [0.05, 0.1) is 29.5 Å². The van der Waals surface area contributed by atoms with Crippen LogP contribution in [0.4, 0.5) is 10.3 Å². The molecule has 0 atom stereocenters. The molecule has 0 radical (unpaired) electrons. The van der Waals surface area contributed by atoms with Crippen LogP contribution in [0.5, 0.6) is 0 Å². The standard InChI is InChI=1S/C22H25FN4O3S2/c1-17-3-7-19(8-4-17)27-21(26-11-13-30-14-12-26)24-25-22(27)31-15-2-16-32(28,29)20-9-5-18(23)6-10-20/h3-10H,2,11-16H2,1H3. The Morgan fingerprint density at radius 1 is 1.03 bits per heavy atom. The van der Waals surface area contributed by atoms with E-state index in [1.807, 2.05) is 35.8 Å². The van der Waals surface area contributed by atoms with Gasteiger partial charge in [-0.05, 0) is 49.7 Å². The molecule has 1 aromatic heterocycles. The number of rotatable bonds is 8. The number of sulfone groups is 1. The number of ether oxygens (including phenoxy) is 1. The highest BCUT2D eigenvalue weighted by atomic mass is 32.2. The van der Waals surface area contributed by atoms with Crippen LogP contribution >= 0.6 is 11.8 Å². The van der Waals surface area contributed by atoms with Gasteiger partial charge in [-0.15, -0.1) is 10.2 Å². The van der Waals surface area contributed by atoms with Crippen molar-refractivity contribution in [2.75, 3.05) is 42.7 Å². The maximum Gasteiger partial charge on any atom is 0.232 e. The molecule has 0 spiro atoms. The summed E-state index contributed by atoms with van der Waals surface area (Å²) in [5, 5.41) is 9.54. The molecule has 2 heterocycles. The lowest BCUT2D eigenvalue weighted by Crippen LogP contribution is -2.37.